The summed E-state index contributed by atoms with van der Waals surface area (Å²) in [7, 11) is 0. The fourth-order valence-corrected chi connectivity index (χ4v) is 1.33. The monoisotopic (exact) mass is 179 g/mol. The van der Waals surface area contributed by atoms with E-state index in [4.69, 9.17) is 5.73 Å². The summed E-state index contributed by atoms with van der Waals surface area (Å²) in [5, 5.41) is 9.56. The Labute approximate surface area is 79.4 Å². The molecule has 1 rings (SSSR count). The molecule has 0 unspecified atom stereocenters. The fourth-order valence-electron chi connectivity index (χ4n) is 1.33. The lowest BCUT2D eigenvalue weighted by molar-refractivity contribution is 0.464. The van der Waals surface area contributed by atoms with Crippen molar-refractivity contribution in [1.29, 1.82) is 0 Å². The number of rotatable bonds is 1. The number of nitrogens with two attached hydrogens (primary N) is 1. The van der Waals surface area contributed by atoms with Crippen molar-refractivity contribution in [3.8, 4) is 5.75 Å². The first kappa shape index (κ1) is 10.1. The van der Waals surface area contributed by atoms with Gasteiger partial charge in [0.25, 0.3) is 0 Å². The molecule has 0 saturated carbocycles. The molecule has 0 heterocycles. The van der Waals surface area contributed by atoms with Crippen LogP contribution in [-0.2, 0) is 5.54 Å². The molecular formula is C11H17NO. The van der Waals surface area contributed by atoms with Crippen molar-refractivity contribution in [2.75, 3.05) is 0 Å². The summed E-state index contributed by atoms with van der Waals surface area (Å²) in [6.07, 6.45) is 0. The topological polar surface area (TPSA) is 46.2 Å². The maximum Gasteiger partial charge on any atom is 0.121 e. The number of aryl methyl sites for hydroxylation is 2. The number of hydrogen-bond donors (Lipinski definition) is 2. The summed E-state index contributed by atoms with van der Waals surface area (Å²) in [6.45, 7) is 7.69. The highest BCUT2D eigenvalue weighted by Crippen LogP contribution is 2.27. The smallest absolute Gasteiger partial charge is 0.121 e. The van der Waals surface area contributed by atoms with Gasteiger partial charge in [-0.05, 0) is 44.4 Å². The maximum atomic E-state index is 9.56. The Bertz CT molecular complexity index is 300. The maximum absolute atomic E-state index is 9.56. The van der Waals surface area contributed by atoms with Crippen LogP contribution in [0.3, 0.4) is 0 Å². The van der Waals surface area contributed by atoms with E-state index in [1.165, 1.54) is 0 Å². The van der Waals surface area contributed by atoms with Crippen LogP contribution >= 0.6 is 0 Å². The van der Waals surface area contributed by atoms with E-state index < -0.39 is 0 Å². The molecule has 0 fully saturated rings. The predicted molar refractivity (Wildman–Crippen MR) is 54.8 cm³/mol. The van der Waals surface area contributed by atoms with Crippen LogP contribution in [0.2, 0.25) is 0 Å². The lowest BCUT2D eigenvalue weighted by atomic mass is 9.92. The molecule has 2 nitrogen and oxygen atoms in total. The molecule has 0 aliphatic carbocycles. The second-order valence-electron chi connectivity index (χ2n) is 4.18. The van der Waals surface area contributed by atoms with Gasteiger partial charge in [-0.3, -0.25) is 0 Å². The number of phenolic OH excluding ortho intramolecular Hbond substituents is 1. The third-order valence-corrected chi connectivity index (χ3v) is 2.24. The molecule has 3 N–H and O–H groups in total. The van der Waals surface area contributed by atoms with Gasteiger partial charge in [0.05, 0.1) is 0 Å². The third-order valence-electron chi connectivity index (χ3n) is 2.24. The van der Waals surface area contributed by atoms with Crippen LogP contribution in [0.15, 0.2) is 12.1 Å². The van der Waals surface area contributed by atoms with Crippen molar-refractivity contribution in [3.05, 3.63) is 28.8 Å². The molecule has 1 aromatic rings. The molecule has 1 aromatic carbocycles. The van der Waals surface area contributed by atoms with E-state index in [0.717, 1.165) is 16.7 Å². The van der Waals surface area contributed by atoms with Gasteiger partial charge in [-0.2, -0.15) is 0 Å². The molecule has 72 valence electrons. The van der Waals surface area contributed by atoms with Crippen LogP contribution in [0.1, 0.15) is 30.5 Å². The summed E-state index contributed by atoms with van der Waals surface area (Å²) >= 11 is 0. The van der Waals surface area contributed by atoms with Crippen molar-refractivity contribution in [2.24, 2.45) is 5.73 Å². The molecule has 0 aromatic heterocycles. The normalized spacial score (nSPS) is 11.8. The van der Waals surface area contributed by atoms with E-state index in [1.807, 2.05) is 39.8 Å². The van der Waals surface area contributed by atoms with Gasteiger partial charge in [0.15, 0.2) is 0 Å². The largest absolute Gasteiger partial charge is 0.507 e. The Morgan fingerprint density at radius 2 is 1.54 bits per heavy atom. The van der Waals surface area contributed by atoms with E-state index in [0.29, 0.717) is 5.75 Å². The second kappa shape index (κ2) is 3.04. The van der Waals surface area contributed by atoms with E-state index in [2.05, 4.69) is 0 Å². The minimum absolute atomic E-state index is 0.344. The van der Waals surface area contributed by atoms with E-state index in [1.54, 1.807) is 0 Å². The van der Waals surface area contributed by atoms with Crippen molar-refractivity contribution >= 4 is 0 Å². The molecule has 0 atom stereocenters. The Hall–Kier alpha value is -1.02. The third kappa shape index (κ3) is 2.01. The van der Waals surface area contributed by atoms with Gasteiger partial charge in [-0.15, -0.1) is 0 Å². The van der Waals surface area contributed by atoms with Crippen molar-refractivity contribution in [3.63, 3.8) is 0 Å². The highest BCUT2D eigenvalue weighted by atomic mass is 16.3. The average molecular weight is 179 g/mol. The standard InChI is InChI=1S/C11H17NO/c1-7-5-9(11(3,4)12)6-8(2)10(7)13/h5-6,13H,12H2,1-4H3. The zero-order valence-corrected chi connectivity index (χ0v) is 8.68. The van der Waals surface area contributed by atoms with E-state index >= 15 is 0 Å². The number of benzene rings is 1. The summed E-state index contributed by atoms with van der Waals surface area (Å²) < 4.78 is 0. The van der Waals surface area contributed by atoms with Crippen LogP contribution < -0.4 is 5.73 Å². The quantitative estimate of drug-likeness (QED) is 0.694. The first-order valence-electron chi connectivity index (χ1n) is 4.42. The molecule has 2 heteroatoms. The van der Waals surface area contributed by atoms with Crippen molar-refractivity contribution in [1.82, 2.24) is 0 Å². The minimum atomic E-state index is -0.344. The first-order valence-corrected chi connectivity index (χ1v) is 4.42. The van der Waals surface area contributed by atoms with Gasteiger partial charge >= 0.3 is 0 Å². The van der Waals surface area contributed by atoms with Crippen LogP contribution in [0.25, 0.3) is 0 Å². The molecule has 0 radical (unpaired) electrons. The van der Waals surface area contributed by atoms with E-state index in [-0.39, 0.29) is 5.54 Å². The van der Waals surface area contributed by atoms with Gasteiger partial charge in [-0.25, -0.2) is 0 Å². The number of phenols is 1. The van der Waals surface area contributed by atoms with E-state index in [9.17, 15) is 5.11 Å². The molecule has 0 saturated heterocycles. The molecule has 0 aliphatic heterocycles. The summed E-state index contributed by atoms with van der Waals surface area (Å²) in [6, 6.07) is 3.87. The SMILES string of the molecule is Cc1cc(C(C)(C)N)cc(C)c1O. The highest BCUT2D eigenvalue weighted by Gasteiger charge is 2.16. The molecule has 0 bridgehead atoms. The van der Waals surface area contributed by atoms with Gasteiger partial charge < -0.3 is 10.8 Å². The number of hydrogen-bond acceptors (Lipinski definition) is 2. The van der Waals surface area contributed by atoms with Gasteiger partial charge in [-0.1, -0.05) is 12.1 Å². The summed E-state index contributed by atoms with van der Waals surface area (Å²) in [4.78, 5) is 0. The van der Waals surface area contributed by atoms with Crippen LogP contribution in [0, 0.1) is 13.8 Å². The summed E-state index contributed by atoms with van der Waals surface area (Å²) in [5.74, 6) is 0.369. The molecule has 0 spiro atoms. The zero-order valence-electron chi connectivity index (χ0n) is 8.68. The van der Waals surface area contributed by atoms with Gasteiger partial charge in [0, 0.05) is 5.54 Å². The second-order valence-corrected chi connectivity index (χ2v) is 4.18. The Morgan fingerprint density at radius 3 is 1.85 bits per heavy atom. The minimum Gasteiger partial charge on any atom is -0.507 e. The lowest BCUT2D eigenvalue weighted by Gasteiger charge is -2.21. The molecule has 13 heavy (non-hydrogen) atoms. The molecular weight excluding hydrogens is 162 g/mol. The van der Waals surface area contributed by atoms with Gasteiger partial charge in [0.1, 0.15) is 5.75 Å². The van der Waals surface area contributed by atoms with Gasteiger partial charge in [0.2, 0.25) is 0 Å². The first-order chi connectivity index (χ1) is 5.82. The van der Waals surface area contributed by atoms with Crippen molar-refractivity contribution in [2.45, 2.75) is 33.2 Å². The van der Waals surface area contributed by atoms with Crippen LogP contribution in [0.4, 0.5) is 0 Å². The zero-order chi connectivity index (χ0) is 10.2. The van der Waals surface area contributed by atoms with Crippen LogP contribution in [-0.4, -0.2) is 5.11 Å². The number of aromatic hydroxyl groups is 1. The van der Waals surface area contributed by atoms with Crippen molar-refractivity contribution < 1.29 is 5.11 Å². The predicted octanol–water partition coefficient (Wildman–Crippen LogP) is 2.20. The summed E-state index contributed by atoms with van der Waals surface area (Å²) in [5.41, 5.74) is 8.44. The lowest BCUT2D eigenvalue weighted by Crippen LogP contribution is -2.28. The molecule has 0 aliphatic rings. The molecule has 0 amide bonds. The Kier molecular flexibility index (Phi) is 2.35. The highest BCUT2D eigenvalue weighted by molar-refractivity contribution is 5.43. The fraction of sp³-hybridized carbons (Fsp3) is 0.455. The Morgan fingerprint density at radius 1 is 1.15 bits per heavy atom. The average Bonchev–Trinajstić information content (AvgIpc) is 1.97. The van der Waals surface area contributed by atoms with Crippen LogP contribution in [0.5, 0.6) is 5.75 Å². The Balaban J connectivity index is 3.29.